The molecule has 2 aromatic rings. The average molecular weight is 371 g/mol. The molecule has 0 saturated heterocycles. The zero-order valence-corrected chi connectivity index (χ0v) is 18.1. The zero-order chi connectivity index (χ0) is 18.6. The van der Waals surface area contributed by atoms with Gasteiger partial charge in [0.15, 0.2) is 0 Å². The fourth-order valence-corrected chi connectivity index (χ4v) is 4.57. The van der Waals surface area contributed by atoms with E-state index in [1.165, 1.54) is 44.5 Å². The third-order valence-corrected chi connectivity index (χ3v) is 5.97. The van der Waals surface area contributed by atoms with E-state index in [9.17, 15) is 0 Å². The van der Waals surface area contributed by atoms with E-state index in [-0.39, 0.29) is 10.8 Å². The summed E-state index contributed by atoms with van der Waals surface area (Å²) in [5.74, 6) is 1.59. The van der Waals surface area contributed by atoms with Crippen molar-refractivity contribution in [1.82, 2.24) is 0 Å². The maximum absolute atomic E-state index is 4.59. The highest BCUT2D eigenvalue weighted by Crippen LogP contribution is 2.43. The largest absolute Gasteiger partial charge is 0.175 e. The summed E-state index contributed by atoms with van der Waals surface area (Å²) in [7, 11) is 0. The Morgan fingerprint density at radius 3 is 1.32 bits per heavy atom. The first-order valence-electron chi connectivity index (χ1n) is 9.11. The van der Waals surface area contributed by atoms with Crippen LogP contribution in [0.25, 0.3) is 11.1 Å². The van der Waals surface area contributed by atoms with Crippen LogP contribution in [0.15, 0.2) is 24.3 Å². The molecule has 0 aliphatic heterocycles. The van der Waals surface area contributed by atoms with Gasteiger partial charge in [0, 0.05) is 11.5 Å². The number of hydrogen-bond acceptors (Lipinski definition) is 2. The van der Waals surface area contributed by atoms with Crippen molar-refractivity contribution in [3.8, 4) is 11.1 Å². The molecule has 0 N–H and O–H groups in total. The van der Waals surface area contributed by atoms with Crippen molar-refractivity contribution < 1.29 is 0 Å². The minimum atomic E-state index is 0.133. The lowest BCUT2D eigenvalue weighted by Crippen LogP contribution is -2.15. The second-order valence-electron chi connectivity index (χ2n) is 9.33. The molecule has 0 bridgehead atoms. The normalized spacial score (nSPS) is 13.8. The molecule has 1 aliphatic rings. The van der Waals surface area contributed by atoms with Crippen LogP contribution in [0.5, 0.6) is 0 Å². The van der Waals surface area contributed by atoms with Crippen LogP contribution in [0.4, 0.5) is 0 Å². The Kier molecular flexibility index (Phi) is 4.83. The molecular weight excluding hydrogens is 340 g/mol. The van der Waals surface area contributed by atoms with Crippen molar-refractivity contribution in [3.63, 3.8) is 0 Å². The molecule has 0 unspecified atom stereocenters. The van der Waals surface area contributed by atoms with Crippen molar-refractivity contribution in [2.24, 2.45) is 0 Å². The maximum Gasteiger partial charge on any atom is 0.0157 e. The van der Waals surface area contributed by atoms with E-state index in [4.69, 9.17) is 0 Å². The second-order valence-corrected chi connectivity index (χ2v) is 9.96. The smallest absolute Gasteiger partial charge is 0.0157 e. The highest BCUT2D eigenvalue weighted by Gasteiger charge is 2.27. The Morgan fingerprint density at radius 2 is 1.04 bits per heavy atom. The predicted molar refractivity (Wildman–Crippen MR) is 117 cm³/mol. The first kappa shape index (κ1) is 18.9. The van der Waals surface area contributed by atoms with Crippen molar-refractivity contribution in [2.45, 2.75) is 70.3 Å². The average Bonchev–Trinajstić information content (AvgIpc) is 2.87. The van der Waals surface area contributed by atoms with E-state index in [0.29, 0.717) is 0 Å². The molecule has 1 aliphatic carbocycles. The van der Waals surface area contributed by atoms with Gasteiger partial charge in [-0.25, -0.2) is 0 Å². The van der Waals surface area contributed by atoms with Crippen LogP contribution in [0.2, 0.25) is 0 Å². The summed E-state index contributed by atoms with van der Waals surface area (Å²) in [6.45, 7) is 13.8. The molecule has 0 fully saturated rings. The summed E-state index contributed by atoms with van der Waals surface area (Å²) in [4.78, 5) is 0. The number of benzene rings is 2. The molecule has 0 nitrogen and oxygen atoms in total. The molecule has 0 aromatic heterocycles. The molecule has 3 rings (SSSR count). The lowest BCUT2D eigenvalue weighted by atomic mass is 9.80. The SMILES string of the molecule is CC(C)(C)c1cc2c(cc1CS)Cc1cc(CS)c(C(C)(C)C)cc1-2. The zero-order valence-electron chi connectivity index (χ0n) is 16.3. The molecule has 0 amide bonds. The first-order chi connectivity index (χ1) is 11.6. The van der Waals surface area contributed by atoms with Crippen LogP contribution in [0.3, 0.4) is 0 Å². The van der Waals surface area contributed by atoms with Gasteiger partial charge in [-0.3, -0.25) is 0 Å². The van der Waals surface area contributed by atoms with Gasteiger partial charge in [-0.05, 0) is 61.8 Å². The topological polar surface area (TPSA) is 0 Å². The lowest BCUT2D eigenvalue weighted by Gasteiger charge is -2.25. The second kappa shape index (κ2) is 6.39. The van der Waals surface area contributed by atoms with E-state index < -0.39 is 0 Å². The monoisotopic (exact) mass is 370 g/mol. The van der Waals surface area contributed by atoms with Crippen LogP contribution in [-0.4, -0.2) is 0 Å². The summed E-state index contributed by atoms with van der Waals surface area (Å²) < 4.78 is 0. The van der Waals surface area contributed by atoms with E-state index in [2.05, 4.69) is 91.1 Å². The van der Waals surface area contributed by atoms with Gasteiger partial charge in [0.05, 0.1) is 0 Å². The van der Waals surface area contributed by atoms with Crippen molar-refractivity contribution in [1.29, 1.82) is 0 Å². The number of hydrogen-bond donors (Lipinski definition) is 2. The fourth-order valence-electron chi connectivity index (χ4n) is 4.05. The van der Waals surface area contributed by atoms with Crippen LogP contribution < -0.4 is 0 Å². The standard InChI is InChI=1S/C23H30S2/c1-22(2,3)20-10-18-14(8-16(20)12-24)7-15-9-17(13-25)21(11-19(15)18)23(4,5)6/h8-11,24-25H,7,12-13H2,1-6H3. The highest BCUT2D eigenvalue weighted by atomic mass is 32.1. The molecule has 0 atom stereocenters. The molecule has 0 radical (unpaired) electrons. The molecule has 25 heavy (non-hydrogen) atoms. The van der Waals surface area contributed by atoms with Gasteiger partial charge >= 0.3 is 0 Å². The van der Waals surface area contributed by atoms with Crippen molar-refractivity contribution in [2.75, 3.05) is 0 Å². The molecular formula is C23H30S2. The summed E-state index contributed by atoms with van der Waals surface area (Å²) >= 11 is 9.18. The Morgan fingerprint density at radius 1 is 0.680 bits per heavy atom. The van der Waals surface area contributed by atoms with Crippen LogP contribution in [0, 0.1) is 0 Å². The first-order valence-corrected chi connectivity index (χ1v) is 10.4. The van der Waals surface area contributed by atoms with Crippen molar-refractivity contribution >= 4 is 25.3 Å². The Balaban J connectivity index is 2.24. The number of rotatable bonds is 2. The Hall–Kier alpha value is -0.860. The molecule has 134 valence electrons. The van der Waals surface area contributed by atoms with Crippen molar-refractivity contribution in [3.05, 3.63) is 57.6 Å². The van der Waals surface area contributed by atoms with E-state index in [1.807, 2.05) is 0 Å². The van der Waals surface area contributed by atoms with Gasteiger partial charge in [-0.2, -0.15) is 25.3 Å². The third kappa shape index (κ3) is 3.40. The molecule has 0 spiro atoms. The third-order valence-electron chi connectivity index (χ3n) is 5.29. The van der Waals surface area contributed by atoms with E-state index in [0.717, 1.165) is 17.9 Å². The van der Waals surface area contributed by atoms with E-state index in [1.54, 1.807) is 0 Å². The Bertz CT molecular complexity index is 748. The van der Waals surface area contributed by atoms with Gasteiger partial charge < -0.3 is 0 Å². The van der Waals surface area contributed by atoms with Gasteiger partial charge in [0.1, 0.15) is 0 Å². The molecule has 2 heteroatoms. The molecule has 0 heterocycles. The molecule has 0 saturated carbocycles. The summed E-state index contributed by atoms with van der Waals surface area (Å²) in [6.07, 6.45) is 1.03. The van der Waals surface area contributed by atoms with Gasteiger partial charge in [-0.15, -0.1) is 0 Å². The van der Waals surface area contributed by atoms with Gasteiger partial charge in [-0.1, -0.05) is 65.8 Å². The molecule has 2 aromatic carbocycles. The van der Waals surface area contributed by atoms with E-state index >= 15 is 0 Å². The number of fused-ring (bicyclic) bond motifs is 3. The number of thiol groups is 2. The predicted octanol–water partition coefficient (Wildman–Crippen LogP) is 6.71. The van der Waals surface area contributed by atoms with Gasteiger partial charge in [0.2, 0.25) is 0 Å². The van der Waals surface area contributed by atoms with Crippen LogP contribution in [-0.2, 0) is 28.8 Å². The highest BCUT2D eigenvalue weighted by molar-refractivity contribution is 7.79. The summed E-state index contributed by atoms with van der Waals surface area (Å²) in [6, 6.07) is 9.64. The summed E-state index contributed by atoms with van der Waals surface area (Å²) in [5.41, 5.74) is 11.6. The fraction of sp³-hybridized carbons (Fsp3) is 0.478. The quantitative estimate of drug-likeness (QED) is 0.460. The lowest BCUT2D eigenvalue weighted by molar-refractivity contribution is 0.584. The van der Waals surface area contributed by atoms with Crippen LogP contribution in [0.1, 0.15) is 74.9 Å². The Labute approximate surface area is 164 Å². The minimum Gasteiger partial charge on any atom is -0.175 e. The minimum absolute atomic E-state index is 0.133. The summed E-state index contributed by atoms with van der Waals surface area (Å²) in [5, 5.41) is 0. The van der Waals surface area contributed by atoms with Crippen LogP contribution >= 0.6 is 25.3 Å². The van der Waals surface area contributed by atoms with Gasteiger partial charge in [0.25, 0.3) is 0 Å². The maximum atomic E-state index is 4.59.